The second kappa shape index (κ2) is 16.6. The first-order valence-electron chi connectivity index (χ1n) is 20.5. The quantitative estimate of drug-likeness (QED) is 0.107. The van der Waals surface area contributed by atoms with E-state index in [9.17, 15) is 19.2 Å². The van der Waals surface area contributed by atoms with Crippen LogP contribution in [0.5, 0.6) is 0 Å². The van der Waals surface area contributed by atoms with Gasteiger partial charge in [-0.1, -0.05) is 52.0 Å². The Balaban J connectivity index is 1.08. The number of aromatic amines is 2. The number of alkyl carbamates (subject to hydrolysis) is 2. The van der Waals surface area contributed by atoms with Crippen LogP contribution in [0.4, 0.5) is 9.59 Å². The number of nitrogens with one attached hydrogen (secondary N) is 4. The van der Waals surface area contributed by atoms with Gasteiger partial charge in [-0.25, -0.2) is 19.6 Å². The van der Waals surface area contributed by atoms with E-state index in [1.165, 1.54) is 14.2 Å². The number of fused-ring (bicyclic) bond motifs is 6. The maximum absolute atomic E-state index is 13.7. The monoisotopic (exact) mass is 814 g/mol. The summed E-state index contributed by atoms with van der Waals surface area (Å²) in [7, 11) is 2.57. The molecule has 0 radical (unpaired) electrons. The SMILES string of the molecule is COC(=O)N[C@H](C(=O)N1CCC[C@H]1c1ncc(-c2ccc3c4ccc(-c5cnc([C@@H]6CCCN6C(=O)[C@@H](NC(=O)OC)C(C)C)[nH]5)cc4c4nccnc4c3c2)[nH]1)C(C)C. The number of likely N-dealkylation sites (tertiary alicyclic amines) is 2. The zero-order chi connectivity index (χ0) is 42.2. The number of hydrogen-bond acceptors (Lipinski definition) is 10. The number of rotatable bonds is 10. The van der Waals surface area contributed by atoms with Crippen molar-refractivity contribution in [1.82, 2.24) is 50.3 Å². The summed E-state index contributed by atoms with van der Waals surface area (Å²) >= 11 is 0. The number of hydrogen-bond donors (Lipinski definition) is 4. The first-order valence-corrected chi connectivity index (χ1v) is 20.5. The highest BCUT2D eigenvalue weighted by Crippen LogP contribution is 2.39. The van der Waals surface area contributed by atoms with Gasteiger partial charge in [0, 0.05) is 47.4 Å². The molecule has 2 aliphatic heterocycles. The Morgan fingerprint density at radius 1 is 0.633 bits per heavy atom. The van der Waals surface area contributed by atoms with E-state index in [-0.39, 0.29) is 35.7 Å². The molecule has 4 N–H and O–H groups in total. The molecule has 0 aliphatic carbocycles. The summed E-state index contributed by atoms with van der Waals surface area (Å²) in [5, 5.41) is 9.33. The smallest absolute Gasteiger partial charge is 0.407 e. The largest absolute Gasteiger partial charge is 0.453 e. The van der Waals surface area contributed by atoms with E-state index < -0.39 is 24.3 Å². The minimum atomic E-state index is -0.716. The Labute approximate surface area is 346 Å². The van der Waals surface area contributed by atoms with Crippen LogP contribution >= 0.6 is 0 Å². The van der Waals surface area contributed by atoms with E-state index in [4.69, 9.17) is 29.4 Å². The summed E-state index contributed by atoms with van der Waals surface area (Å²) < 4.78 is 9.57. The Kier molecular flexibility index (Phi) is 11.1. The topological polar surface area (TPSA) is 200 Å². The number of carbonyl (C=O) groups is 4. The van der Waals surface area contributed by atoms with Gasteiger partial charge in [0.25, 0.3) is 0 Å². The number of carbonyl (C=O) groups excluding carboxylic acids is 4. The molecule has 8 rings (SSSR count). The van der Waals surface area contributed by atoms with Crippen molar-refractivity contribution in [3.63, 3.8) is 0 Å². The molecule has 60 heavy (non-hydrogen) atoms. The van der Waals surface area contributed by atoms with Crippen LogP contribution in [0.1, 0.15) is 77.1 Å². The summed E-state index contributed by atoms with van der Waals surface area (Å²) in [6.45, 7) is 8.72. The van der Waals surface area contributed by atoms with E-state index in [0.717, 1.165) is 80.8 Å². The molecular formula is C44H50N10O6. The molecule has 2 saturated heterocycles. The van der Waals surface area contributed by atoms with Crippen molar-refractivity contribution in [1.29, 1.82) is 0 Å². The van der Waals surface area contributed by atoms with Crippen LogP contribution in [0.15, 0.2) is 61.2 Å². The predicted octanol–water partition coefficient (Wildman–Crippen LogP) is 6.80. The van der Waals surface area contributed by atoms with Gasteiger partial charge in [0.05, 0.1) is 61.1 Å². The minimum Gasteiger partial charge on any atom is -0.453 e. The summed E-state index contributed by atoms with van der Waals surface area (Å²) in [6, 6.07) is 10.6. The van der Waals surface area contributed by atoms with Crippen LogP contribution in [-0.4, -0.2) is 103 Å². The van der Waals surface area contributed by atoms with E-state index in [1.807, 2.05) is 27.7 Å². The maximum Gasteiger partial charge on any atom is 0.407 e. The lowest BCUT2D eigenvalue weighted by molar-refractivity contribution is -0.136. The lowest BCUT2D eigenvalue weighted by Gasteiger charge is -2.30. The number of ether oxygens (including phenoxy) is 2. The Bertz CT molecular complexity index is 2400. The minimum absolute atomic E-state index is 0.129. The highest BCUT2D eigenvalue weighted by molar-refractivity contribution is 6.24. The Morgan fingerprint density at radius 2 is 1.05 bits per heavy atom. The van der Waals surface area contributed by atoms with Crippen molar-refractivity contribution in [3.8, 4) is 22.5 Å². The van der Waals surface area contributed by atoms with Crippen molar-refractivity contribution in [3.05, 3.63) is 72.8 Å². The third kappa shape index (κ3) is 7.45. The Morgan fingerprint density at radius 3 is 1.43 bits per heavy atom. The first kappa shape index (κ1) is 40.2. The second-order valence-electron chi connectivity index (χ2n) is 16.2. The van der Waals surface area contributed by atoms with Crippen molar-refractivity contribution in [2.45, 2.75) is 77.5 Å². The molecule has 3 aromatic carbocycles. The normalized spacial score (nSPS) is 17.8. The Hall–Kier alpha value is -6.58. The fraction of sp³-hybridized carbons (Fsp3) is 0.409. The zero-order valence-corrected chi connectivity index (χ0v) is 34.6. The van der Waals surface area contributed by atoms with E-state index >= 15 is 0 Å². The van der Waals surface area contributed by atoms with E-state index in [0.29, 0.717) is 24.7 Å². The molecule has 5 heterocycles. The van der Waals surface area contributed by atoms with E-state index in [2.05, 4.69) is 57.0 Å². The third-order valence-electron chi connectivity index (χ3n) is 11.8. The summed E-state index contributed by atoms with van der Waals surface area (Å²) in [6.07, 6.45) is 8.87. The maximum atomic E-state index is 13.7. The van der Waals surface area contributed by atoms with Crippen LogP contribution in [0.25, 0.3) is 55.1 Å². The second-order valence-corrected chi connectivity index (χ2v) is 16.2. The molecule has 4 amide bonds. The summed E-state index contributed by atoms with van der Waals surface area (Å²) in [5.74, 6) is 0.807. The van der Waals surface area contributed by atoms with Gasteiger partial charge in [0.1, 0.15) is 23.7 Å². The molecule has 0 spiro atoms. The van der Waals surface area contributed by atoms with Gasteiger partial charge < -0.3 is 39.9 Å². The molecule has 0 bridgehead atoms. The van der Waals surface area contributed by atoms with Gasteiger partial charge >= 0.3 is 12.2 Å². The van der Waals surface area contributed by atoms with Crippen LogP contribution in [0.2, 0.25) is 0 Å². The van der Waals surface area contributed by atoms with Gasteiger partial charge in [-0.05, 0) is 60.4 Å². The number of H-pyrrole nitrogens is 2. The average Bonchev–Trinajstić information content (AvgIpc) is 4.10. The molecule has 6 aromatic rings. The summed E-state index contributed by atoms with van der Waals surface area (Å²) in [4.78, 5) is 81.3. The molecule has 2 aliphatic rings. The van der Waals surface area contributed by atoms with E-state index in [1.54, 1.807) is 34.6 Å². The van der Waals surface area contributed by atoms with Gasteiger partial charge in [-0.2, -0.15) is 0 Å². The van der Waals surface area contributed by atoms with Crippen LogP contribution in [0, 0.1) is 11.8 Å². The molecule has 312 valence electrons. The highest BCUT2D eigenvalue weighted by atomic mass is 16.5. The highest BCUT2D eigenvalue weighted by Gasteiger charge is 2.39. The van der Waals surface area contributed by atoms with Gasteiger partial charge in [0.2, 0.25) is 11.8 Å². The lowest BCUT2D eigenvalue weighted by atomic mass is 9.95. The molecule has 0 saturated carbocycles. The molecule has 2 fully saturated rings. The molecule has 3 aromatic heterocycles. The number of imidazole rings is 2. The standard InChI is InChI=1S/C44H50N10O6/c1-23(2)35(51-43(57)59-5)41(55)53-17-7-9-33(53)39-47-21-31(49-39)25-11-13-27-28-14-12-26(20-30(28)38-37(29(27)19-25)45-15-16-46-38)32-22-48-40(50-32)34-10-8-18-54(34)42(56)36(24(3)4)52-44(58)60-6/h11-16,19-24,33-36H,7-10,17-18H2,1-6H3,(H,47,49)(H,48,50)(H,51,57)(H,52,58)/t33-,34-,35-,36-/m0/s1. The number of aromatic nitrogens is 6. The molecule has 16 nitrogen and oxygen atoms in total. The van der Waals surface area contributed by atoms with Gasteiger partial charge in [-0.15, -0.1) is 0 Å². The summed E-state index contributed by atoms with van der Waals surface area (Å²) in [5.41, 5.74) is 4.97. The van der Waals surface area contributed by atoms with Crippen molar-refractivity contribution < 1.29 is 28.7 Å². The van der Waals surface area contributed by atoms with Gasteiger partial charge in [0.15, 0.2) is 0 Å². The molecular weight excluding hydrogens is 765 g/mol. The molecule has 4 atom stereocenters. The van der Waals surface area contributed by atoms with Crippen molar-refractivity contribution in [2.24, 2.45) is 11.8 Å². The fourth-order valence-corrected chi connectivity index (χ4v) is 8.71. The predicted molar refractivity (Wildman–Crippen MR) is 225 cm³/mol. The van der Waals surface area contributed by atoms with Crippen molar-refractivity contribution >= 4 is 56.6 Å². The molecule has 0 unspecified atom stereocenters. The number of amides is 4. The fourth-order valence-electron chi connectivity index (χ4n) is 8.71. The van der Waals surface area contributed by atoms with Crippen LogP contribution < -0.4 is 10.6 Å². The number of nitrogens with zero attached hydrogens (tertiary/aromatic N) is 6. The lowest BCUT2D eigenvalue weighted by Crippen LogP contribution is -2.51. The third-order valence-corrected chi connectivity index (χ3v) is 11.8. The molecule has 16 heteroatoms. The van der Waals surface area contributed by atoms with Crippen LogP contribution in [0.3, 0.4) is 0 Å². The van der Waals surface area contributed by atoms with Crippen LogP contribution in [-0.2, 0) is 19.1 Å². The first-order chi connectivity index (χ1) is 29.0. The average molecular weight is 815 g/mol. The van der Waals surface area contributed by atoms with Gasteiger partial charge in [-0.3, -0.25) is 19.6 Å². The zero-order valence-electron chi connectivity index (χ0n) is 34.6. The van der Waals surface area contributed by atoms with Crippen molar-refractivity contribution in [2.75, 3.05) is 27.3 Å². The number of methoxy groups -OCH3 is 2. The number of benzene rings is 3.